The van der Waals surface area contributed by atoms with Crippen LogP contribution in [0.4, 0.5) is 0 Å². The Balaban J connectivity index is 2.08. The zero-order valence-electron chi connectivity index (χ0n) is 9.82. The monoisotopic (exact) mass is 279 g/mol. The number of methoxy groups -OCH3 is 1. The fourth-order valence-corrected chi connectivity index (χ4v) is 1.88. The topological polar surface area (TPSA) is 85.7 Å². The van der Waals surface area contributed by atoms with E-state index in [1.165, 1.54) is 13.2 Å². The minimum atomic E-state index is -1.18. The lowest BCUT2D eigenvalue weighted by molar-refractivity contribution is 0.0691. The van der Waals surface area contributed by atoms with Crippen molar-refractivity contribution in [1.82, 2.24) is 4.37 Å². The molecule has 0 radical (unpaired) electrons. The highest BCUT2D eigenvalue weighted by Gasteiger charge is 2.16. The van der Waals surface area contributed by atoms with Crippen LogP contribution >= 0.6 is 11.5 Å². The quantitative estimate of drug-likeness (QED) is 0.681. The van der Waals surface area contributed by atoms with E-state index in [2.05, 4.69) is 4.37 Å². The number of carboxylic acids is 1. The van der Waals surface area contributed by atoms with E-state index in [0.29, 0.717) is 11.5 Å². The van der Waals surface area contributed by atoms with Crippen molar-refractivity contribution in [3.05, 3.63) is 40.9 Å². The lowest BCUT2D eigenvalue weighted by Gasteiger charge is -2.03. The number of benzene rings is 1. The van der Waals surface area contributed by atoms with Crippen LogP contribution in [-0.2, 0) is 0 Å². The molecule has 1 heterocycles. The lowest BCUT2D eigenvalue weighted by Crippen LogP contribution is -2.06. The Morgan fingerprint density at radius 1 is 1.21 bits per heavy atom. The van der Waals surface area contributed by atoms with E-state index in [-0.39, 0.29) is 10.6 Å². The van der Waals surface area contributed by atoms with Gasteiger partial charge >= 0.3 is 11.9 Å². The summed E-state index contributed by atoms with van der Waals surface area (Å²) in [7, 11) is 1.53. The molecule has 19 heavy (non-hydrogen) atoms. The summed E-state index contributed by atoms with van der Waals surface area (Å²) in [4.78, 5) is 22.5. The summed E-state index contributed by atoms with van der Waals surface area (Å²) in [5, 5.41) is 8.71. The van der Waals surface area contributed by atoms with E-state index < -0.39 is 11.9 Å². The summed E-state index contributed by atoms with van der Waals surface area (Å²) < 4.78 is 13.7. The highest BCUT2D eigenvalue weighted by molar-refractivity contribution is 7.08. The van der Waals surface area contributed by atoms with E-state index in [9.17, 15) is 9.59 Å². The van der Waals surface area contributed by atoms with Gasteiger partial charge in [-0.15, -0.1) is 0 Å². The number of hydrogen-bond acceptors (Lipinski definition) is 6. The molecule has 0 aliphatic heterocycles. The molecule has 0 atom stereocenters. The average Bonchev–Trinajstić information content (AvgIpc) is 2.89. The second kappa shape index (κ2) is 5.49. The van der Waals surface area contributed by atoms with Crippen molar-refractivity contribution in [2.45, 2.75) is 0 Å². The predicted octanol–water partition coefficient (Wildman–Crippen LogP) is 2.07. The van der Waals surface area contributed by atoms with Gasteiger partial charge in [0.2, 0.25) is 0 Å². The first-order valence-electron chi connectivity index (χ1n) is 5.16. The fourth-order valence-electron chi connectivity index (χ4n) is 1.27. The summed E-state index contributed by atoms with van der Waals surface area (Å²) in [6.07, 6.45) is 0. The van der Waals surface area contributed by atoms with Gasteiger partial charge in [-0.25, -0.2) is 9.59 Å². The van der Waals surface area contributed by atoms with Crippen LogP contribution in [0.3, 0.4) is 0 Å². The maximum absolute atomic E-state index is 11.7. The second-order valence-electron chi connectivity index (χ2n) is 3.45. The van der Waals surface area contributed by atoms with Crippen LogP contribution in [0.25, 0.3) is 0 Å². The van der Waals surface area contributed by atoms with E-state index in [4.69, 9.17) is 14.6 Å². The molecule has 98 valence electrons. The second-order valence-corrected chi connectivity index (χ2v) is 4.25. The minimum Gasteiger partial charge on any atom is -0.497 e. The Labute approximate surface area is 112 Å². The molecule has 0 unspecified atom stereocenters. The van der Waals surface area contributed by atoms with E-state index >= 15 is 0 Å². The third kappa shape index (κ3) is 3.08. The van der Waals surface area contributed by atoms with Gasteiger partial charge in [0, 0.05) is 0 Å². The van der Waals surface area contributed by atoms with Gasteiger partial charge in [-0.1, -0.05) is 0 Å². The van der Waals surface area contributed by atoms with Gasteiger partial charge in [0.1, 0.15) is 16.4 Å². The van der Waals surface area contributed by atoms with Crippen LogP contribution in [-0.4, -0.2) is 28.5 Å². The van der Waals surface area contributed by atoms with Gasteiger partial charge in [-0.2, -0.15) is 4.37 Å². The third-order valence-electron chi connectivity index (χ3n) is 2.20. The first-order chi connectivity index (χ1) is 9.10. The number of esters is 1. The van der Waals surface area contributed by atoms with Crippen molar-refractivity contribution in [3.63, 3.8) is 0 Å². The van der Waals surface area contributed by atoms with Gasteiger partial charge < -0.3 is 14.6 Å². The largest absolute Gasteiger partial charge is 0.497 e. The number of carbonyl (C=O) groups is 2. The molecule has 2 rings (SSSR count). The zero-order chi connectivity index (χ0) is 13.8. The standard InChI is InChI=1S/C12H9NO5S/c1-17-7-2-4-8(5-3-7)18-12(16)10-6-9(11(14)15)13-19-10/h2-6H,1H3,(H,14,15). The Kier molecular flexibility index (Phi) is 3.76. The summed E-state index contributed by atoms with van der Waals surface area (Å²) in [5.74, 6) is -0.836. The van der Waals surface area contributed by atoms with E-state index in [0.717, 1.165) is 11.5 Å². The van der Waals surface area contributed by atoms with Gasteiger partial charge in [0.25, 0.3) is 0 Å². The van der Waals surface area contributed by atoms with E-state index in [1.807, 2.05) is 0 Å². The number of nitrogens with zero attached hydrogens (tertiary/aromatic N) is 1. The summed E-state index contributed by atoms with van der Waals surface area (Å²) >= 11 is 0.783. The summed E-state index contributed by atoms with van der Waals surface area (Å²) in [6.45, 7) is 0. The number of carbonyl (C=O) groups excluding carboxylic acids is 1. The van der Waals surface area contributed by atoms with Gasteiger partial charge in [-0.3, -0.25) is 0 Å². The number of ether oxygens (including phenoxy) is 2. The van der Waals surface area contributed by atoms with Crippen LogP contribution in [0, 0.1) is 0 Å². The zero-order valence-corrected chi connectivity index (χ0v) is 10.6. The molecule has 0 saturated carbocycles. The smallest absolute Gasteiger partial charge is 0.355 e. The van der Waals surface area contributed by atoms with Crippen LogP contribution in [0.1, 0.15) is 20.2 Å². The minimum absolute atomic E-state index is 0.133. The summed E-state index contributed by atoms with van der Waals surface area (Å²) in [5.41, 5.74) is -0.174. The molecule has 1 aromatic heterocycles. The Morgan fingerprint density at radius 3 is 2.37 bits per heavy atom. The molecule has 2 aromatic rings. The van der Waals surface area contributed by atoms with Crippen molar-refractivity contribution >= 4 is 23.5 Å². The maximum Gasteiger partial charge on any atom is 0.355 e. The predicted molar refractivity (Wildman–Crippen MR) is 67.0 cm³/mol. The molecule has 0 aliphatic rings. The Morgan fingerprint density at radius 2 is 1.84 bits per heavy atom. The molecule has 0 aliphatic carbocycles. The van der Waals surface area contributed by atoms with Crippen molar-refractivity contribution < 1.29 is 24.2 Å². The van der Waals surface area contributed by atoms with Crippen LogP contribution in [0.15, 0.2) is 30.3 Å². The van der Waals surface area contributed by atoms with Gasteiger partial charge in [0.15, 0.2) is 5.69 Å². The van der Waals surface area contributed by atoms with Crippen LogP contribution < -0.4 is 9.47 Å². The molecule has 1 N–H and O–H groups in total. The maximum atomic E-state index is 11.7. The molecule has 1 aromatic carbocycles. The number of hydrogen-bond donors (Lipinski definition) is 1. The molecular formula is C12H9NO5S. The lowest BCUT2D eigenvalue weighted by atomic mass is 10.3. The first kappa shape index (κ1) is 13.0. The van der Waals surface area contributed by atoms with Gasteiger partial charge in [-0.05, 0) is 41.9 Å². The number of carboxylic acid groups (broad SMARTS) is 1. The van der Waals surface area contributed by atoms with Crippen molar-refractivity contribution in [3.8, 4) is 11.5 Å². The number of aromatic nitrogens is 1. The fraction of sp³-hybridized carbons (Fsp3) is 0.0833. The Hall–Kier alpha value is -2.41. The molecular weight excluding hydrogens is 270 g/mol. The molecule has 0 saturated heterocycles. The van der Waals surface area contributed by atoms with Crippen LogP contribution in [0.2, 0.25) is 0 Å². The van der Waals surface area contributed by atoms with Gasteiger partial charge in [0.05, 0.1) is 7.11 Å². The van der Waals surface area contributed by atoms with E-state index in [1.54, 1.807) is 24.3 Å². The molecule has 0 spiro atoms. The summed E-state index contributed by atoms with van der Waals surface area (Å²) in [6, 6.07) is 7.64. The van der Waals surface area contributed by atoms with Crippen molar-refractivity contribution in [2.75, 3.05) is 7.11 Å². The molecule has 0 fully saturated rings. The van der Waals surface area contributed by atoms with Crippen molar-refractivity contribution in [1.29, 1.82) is 0 Å². The molecule has 7 heteroatoms. The molecule has 6 nitrogen and oxygen atoms in total. The first-order valence-corrected chi connectivity index (χ1v) is 5.93. The van der Waals surface area contributed by atoms with Crippen molar-refractivity contribution in [2.24, 2.45) is 0 Å². The number of rotatable bonds is 4. The highest BCUT2D eigenvalue weighted by Crippen LogP contribution is 2.19. The molecule has 0 bridgehead atoms. The SMILES string of the molecule is COc1ccc(OC(=O)c2cc(C(=O)O)ns2)cc1. The molecule has 0 amide bonds. The Bertz CT molecular complexity index is 605. The normalized spacial score (nSPS) is 9.95. The number of aromatic carboxylic acids is 1. The van der Waals surface area contributed by atoms with Crippen LogP contribution in [0.5, 0.6) is 11.5 Å². The third-order valence-corrected chi connectivity index (χ3v) is 2.97. The highest BCUT2D eigenvalue weighted by atomic mass is 32.1. The average molecular weight is 279 g/mol.